The van der Waals surface area contributed by atoms with Crippen LogP contribution in [-0.4, -0.2) is 33.0 Å². The van der Waals surface area contributed by atoms with Crippen LogP contribution in [0.25, 0.3) is 0 Å². The Morgan fingerprint density at radius 3 is 2.82 bits per heavy atom. The SMILES string of the molecule is CCCCC[S+]([O-])c1nnc(C(=O)NCC)s1. The third-order valence-electron chi connectivity index (χ3n) is 2.07. The molecular weight excluding hydrogens is 258 g/mol. The first-order valence-corrected chi connectivity index (χ1v) is 7.82. The summed E-state index contributed by atoms with van der Waals surface area (Å²) in [6.07, 6.45) is 3.07. The summed E-state index contributed by atoms with van der Waals surface area (Å²) in [6, 6.07) is 0. The number of nitrogens with one attached hydrogen (secondary N) is 1. The summed E-state index contributed by atoms with van der Waals surface area (Å²) in [5, 5.41) is 10.5. The molecule has 0 spiro atoms. The molecule has 1 atom stereocenters. The standard InChI is InChI=1S/C10H17N3O2S2/c1-3-5-6-7-17(15)10-13-12-9(16-10)8(14)11-4-2/h3-7H2,1-2H3,(H,11,14). The summed E-state index contributed by atoms with van der Waals surface area (Å²) in [5.41, 5.74) is 0. The van der Waals surface area contributed by atoms with Crippen LogP contribution in [0.15, 0.2) is 4.34 Å². The van der Waals surface area contributed by atoms with Crippen LogP contribution in [0.3, 0.4) is 0 Å². The van der Waals surface area contributed by atoms with Gasteiger partial charge in [-0.25, -0.2) is 0 Å². The van der Waals surface area contributed by atoms with E-state index in [1.807, 2.05) is 6.92 Å². The molecule has 1 aromatic rings. The molecule has 1 heterocycles. The van der Waals surface area contributed by atoms with Crippen LogP contribution in [0.2, 0.25) is 0 Å². The maximum absolute atomic E-state index is 11.8. The molecule has 0 aromatic carbocycles. The van der Waals surface area contributed by atoms with Crippen LogP contribution in [0, 0.1) is 0 Å². The van der Waals surface area contributed by atoms with Gasteiger partial charge in [0.15, 0.2) is 0 Å². The van der Waals surface area contributed by atoms with E-state index in [-0.39, 0.29) is 10.9 Å². The third-order valence-corrected chi connectivity index (χ3v) is 4.72. The van der Waals surface area contributed by atoms with Crippen LogP contribution in [0.5, 0.6) is 0 Å². The van der Waals surface area contributed by atoms with E-state index >= 15 is 0 Å². The van der Waals surface area contributed by atoms with Crippen molar-refractivity contribution in [3.8, 4) is 0 Å². The van der Waals surface area contributed by atoms with Gasteiger partial charge in [0.25, 0.3) is 5.91 Å². The molecular formula is C10H17N3O2S2. The zero-order valence-corrected chi connectivity index (χ0v) is 11.7. The lowest BCUT2D eigenvalue weighted by molar-refractivity contribution is 0.0954. The molecule has 0 aliphatic rings. The summed E-state index contributed by atoms with van der Waals surface area (Å²) in [5.74, 6) is 0.347. The Kier molecular flexibility index (Phi) is 6.46. The van der Waals surface area contributed by atoms with E-state index in [9.17, 15) is 9.35 Å². The highest BCUT2D eigenvalue weighted by Gasteiger charge is 2.20. The number of unbranched alkanes of at least 4 members (excludes halogenated alkanes) is 2. The van der Waals surface area contributed by atoms with Crippen molar-refractivity contribution < 1.29 is 9.35 Å². The topological polar surface area (TPSA) is 77.9 Å². The highest BCUT2D eigenvalue weighted by atomic mass is 32.2. The van der Waals surface area contributed by atoms with E-state index in [4.69, 9.17) is 0 Å². The number of aromatic nitrogens is 2. The van der Waals surface area contributed by atoms with Crippen molar-refractivity contribution in [2.75, 3.05) is 12.3 Å². The second kappa shape index (κ2) is 7.62. The minimum atomic E-state index is -1.12. The number of hydrogen-bond donors (Lipinski definition) is 1. The van der Waals surface area contributed by atoms with Gasteiger partial charge in [0, 0.05) is 17.7 Å². The zero-order chi connectivity index (χ0) is 12.7. The molecule has 1 amide bonds. The lowest BCUT2D eigenvalue weighted by Gasteiger charge is -2.04. The quantitative estimate of drug-likeness (QED) is 0.605. The molecule has 1 unspecified atom stereocenters. The molecule has 0 fully saturated rings. The summed E-state index contributed by atoms with van der Waals surface area (Å²) >= 11 is -0.00697. The number of carbonyl (C=O) groups is 1. The first-order valence-electron chi connectivity index (χ1n) is 5.69. The molecule has 7 heteroatoms. The van der Waals surface area contributed by atoms with Gasteiger partial charge in [-0.05, 0) is 31.1 Å². The van der Waals surface area contributed by atoms with Gasteiger partial charge in [0.1, 0.15) is 5.75 Å². The van der Waals surface area contributed by atoms with E-state index in [0.717, 1.165) is 30.6 Å². The molecule has 1 N–H and O–H groups in total. The minimum absolute atomic E-state index is 0.248. The smallest absolute Gasteiger partial charge is 0.322 e. The highest BCUT2D eigenvalue weighted by Crippen LogP contribution is 2.18. The molecule has 0 saturated heterocycles. The van der Waals surface area contributed by atoms with Crippen molar-refractivity contribution in [1.82, 2.24) is 15.5 Å². The van der Waals surface area contributed by atoms with Crippen molar-refractivity contribution in [3.63, 3.8) is 0 Å². The van der Waals surface area contributed by atoms with Crippen LogP contribution in [0.1, 0.15) is 42.9 Å². The fourth-order valence-corrected chi connectivity index (χ4v) is 3.33. The van der Waals surface area contributed by atoms with E-state index < -0.39 is 11.2 Å². The van der Waals surface area contributed by atoms with Crippen molar-refractivity contribution in [2.24, 2.45) is 0 Å². The summed E-state index contributed by atoms with van der Waals surface area (Å²) < 4.78 is 12.2. The minimum Gasteiger partial charge on any atom is -0.610 e. The summed E-state index contributed by atoms with van der Waals surface area (Å²) in [6.45, 7) is 4.48. The van der Waals surface area contributed by atoms with Crippen LogP contribution >= 0.6 is 11.3 Å². The molecule has 17 heavy (non-hydrogen) atoms. The van der Waals surface area contributed by atoms with Crippen LogP contribution < -0.4 is 5.32 Å². The zero-order valence-electron chi connectivity index (χ0n) is 10.1. The maximum Gasteiger partial charge on any atom is 0.322 e. The van der Waals surface area contributed by atoms with Crippen molar-refractivity contribution in [2.45, 2.75) is 37.4 Å². The molecule has 5 nitrogen and oxygen atoms in total. The Morgan fingerprint density at radius 2 is 2.18 bits per heavy atom. The molecule has 0 saturated carbocycles. The molecule has 0 aliphatic heterocycles. The van der Waals surface area contributed by atoms with E-state index in [1.54, 1.807) is 0 Å². The Balaban J connectivity index is 2.51. The largest absolute Gasteiger partial charge is 0.610 e. The van der Waals surface area contributed by atoms with Gasteiger partial charge in [-0.15, -0.1) is 5.10 Å². The summed E-state index contributed by atoms with van der Waals surface area (Å²) in [4.78, 5) is 11.4. The van der Waals surface area contributed by atoms with Gasteiger partial charge in [-0.2, -0.15) is 0 Å². The number of carbonyl (C=O) groups excluding carboxylic acids is 1. The lowest BCUT2D eigenvalue weighted by atomic mass is 10.3. The Morgan fingerprint density at radius 1 is 1.41 bits per heavy atom. The van der Waals surface area contributed by atoms with E-state index in [0.29, 0.717) is 16.6 Å². The van der Waals surface area contributed by atoms with Gasteiger partial charge in [-0.1, -0.05) is 18.4 Å². The molecule has 0 radical (unpaired) electrons. The van der Waals surface area contributed by atoms with Gasteiger partial charge in [0.05, 0.1) is 0 Å². The van der Waals surface area contributed by atoms with E-state index in [2.05, 4.69) is 22.4 Å². The normalized spacial score (nSPS) is 12.4. The fourth-order valence-electron chi connectivity index (χ4n) is 1.20. The monoisotopic (exact) mass is 275 g/mol. The van der Waals surface area contributed by atoms with Gasteiger partial charge >= 0.3 is 4.34 Å². The Hall–Kier alpha value is -0.660. The average molecular weight is 275 g/mol. The van der Waals surface area contributed by atoms with Gasteiger partial charge < -0.3 is 9.87 Å². The maximum atomic E-state index is 11.8. The van der Waals surface area contributed by atoms with Crippen LogP contribution in [0.4, 0.5) is 0 Å². The van der Waals surface area contributed by atoms with Crippen molar-refractivity contribution >= 4 is 28.4 Å². The molecule has 1 aromatic heterocycles. The average Bonchev–Trinajstić information content (AvgIpc) is 2.79. The van der Waals surface area contributed by atoms with Crippen molar-refractivity contribution in [1.29, 1.82) is 0 Å². The molecule has 1 rings (SSSR count). The second-order valence-electron chi connectivity index (χ2n) is 3.49. The van der Waals surface area contributed by atoms with Crippen LogP contribution in [-0.2, 0) is 11.2 Å². The van der Waals surface area contributed by atoms with Gasteiger partial charge in [0.2, 0.25) is 5.01 Å². The Labute approximate surface area is 108 Å². The lowest BCUT2D eigenvalue weighted by Crippen LogP contribution is -2.22. The first kappa shape index (κ1) is 14.4. The van der Waals surface area contributed by atoms with E-state index in [1.165, 1.54) is 0 Å². The number of rotatable bonds is 7. The number of nitrogens with zero attached hydrogens (tertiary/aromatic N) is 2. The first-order chi connectivity index (χ1) is 8.19. The Bertz CT molecular complexity index is 357. The summed E-state index contributed by atoms with van der Waals surface area (Å²) in [7, 11) is 0. The fraction of sp³-hybridized carbons (Fsp3) is 0.700. The number of hydrogen-bond acceptors (Lipinski definition) is 5. The second-order valence-corrected chi connectivity index (χ2v) is 6.21. The molecule has 0 bridgehead atoms. The third kappa shape index (κ3) is 4.61. The van der Waals surface area contributed by atoms with Crippen molar-refractivity contribution in [3.05, 3.63) is 5.01 Å². The number of amides is 1. The molecule has 96 valence electrons. The predicted molar refractivity (Wildman–Crippen MR) is 68.7 cm³/mol. The predicted octanol–water partition coefficient (Wildman–Crippen LogP) is 1.59. The molecule has 0 aliphatic carbocycles. The van der Waals surface area contributed by atoms with Gasteiger partial charge in [-0.3, -0.25) is 4.79 Å². The highest BCUT2D eigenvalue weighted by molar-refractivity contribution is 7.93.